The Balaban J connectivity index is 1.78. The van der Waals surface area contributed by atoms with Gasteiger partial charge in [-0.05, 0) is 26.2 Å². The Morgan fingerprint density at radius 1 is 0.930 bits per heavy atom. The molecule has 3 saturated heterocycles. The van der Waals surface area contributed by atoms with E-state index in [2.05, 4.69) is 0 Å². The first-order valence-corrected chi connectivity index (χ1v) is 14.9. The third kappa shape index (κ3) is 4.73. The molecule has 0 bridgehead atoms. The molecule has 2 saturated carbocycles. The molecule has 1 N–H and O–H groups in total. The predicted octanol–water partition coefficient (Wildman–Crippen LogP) is 1.53. The van der Waals surface area contributed by atoms with Crippen molar-refractivity contribution in [2.24, 2.45) is 17.3 Å². The lowest BCUT2D eigenvalue weighted by molar-refractivity contribution is -0.248. The van der Waals surface area contributed by atoms with Crippen LogP contribution in [0.25, 0.3) is 0 Å². The highest BCUT2D eigenvalue weighted by Crippen LogP contribution is 2.69. The first-order chi connectivity index (χ1) is 20.0. The lowest BCUT2D eigenvalue weighted by atomic mass is 9.52. The average molecular weight is 611 g/mol. The van der Waals surface area contributed by atoms with Gasteiger partial charge in [-0.2, -0.15) is 0 Å². The molecule has 5 aliphatic rings. The number of aliphatic hydroxyl groups is 1. The molecule has 0 radical (unpaired) electrons. The lowest BCUT2D eigenvalue weighted by Crippen LogP contribution is -2.69. The number of carbonyl (C=O) groups excluding carboxylic acids is 5. The minimum Gasteiger partial charge on any atom is -0.462 e. The average Bonchev–Trinajstić information content (AvgIpc) is 3.72. The zero-order valence-corrected chi connectivity index (χ0v) is 25.9. The molecule has 43 heavy (non-hydrogen) atoms. The second-order valence-electron chi connectivity index (χ2n) is 13.3. The number of esters is 5. The molecule has 3 heterocycles. The Morgan fingerprint density at radius 2 is 1.53 bits per heavy atom. The summed E-state index contributed by atoms with van der Waals surface area (Å²) in [4.78, 5) is 64.3. The van der Waals surface area contributed by atoms with Crippen LogP contribution < -0.4 is 0 Å². The number of aliphatic hydroxyl groups excluding tert-OH is 1. The van der Waals surface area contributed by atoms with Crippen LogP contribution in [0, 0.1) is 17.3 Å². The molecule has 0 amide bonds. The van der Waals surface area contributed by atoms with Gasteiger partial charge in [0.05, 0.1) is 17.1 Å². The molecule has 1 spiro atoms. The monoisotopic (exact) mass is 610 g/mol. The van der Waals surface area contributed by atoms with E-state index in [-0.39, 0.29) is 19.3 Å². The van der Waals surface area contributed by atoms with Gasteiger partial charge in [-0.15, -0.1) is 0 Å². The van der Waals surface area contributed by atoms with Crippen LogP contribution >= 0.6 is 0 Å². The van der Waals surface area contributed by atoms with Crippen LogP contribution in [0.4, 0.5) is 0 Å². The van der Waals surface area contributed by atoms with Crippen molar-refractivity contribution in [3.05, 3.63) is 0 Å². The summed E-state index contributed by atoms with van der Waals surface area (Å²) in [7, 11) is 0. The Kier molecular flexibility index (Phi) is 7.66. The SMILES string of the molecule is CCCC(=O)O[C@H]1C[C@@]2(C)O[C@H]2[C@@H]2OC(=O)[C@]3(C)O[C@]23[C@@H](OC(C)=O)[C@H]2[C@@H](C)[C@@H](O)C[C@H](OC(C)=O)[C@]2(C)[C@H]1OC(C)=O. The summed E-state index contributed by atoms with van der Waals surface area (Å²) in [6.07, 6.45) is -6.96. The number of rotatable bonds is 6. The Bertz CT molecular complexity index is 1220. The second-order valence-corrected chi connectivity index (χ2v) is 13.3. The molecule has 13 heteroatoms. The van der Waals surface area contributed by atoms with Crippen molar-refractivity contribution >= 4 is 29.8 Å². The first-order valence-electron chi connectivity index (χ1n) is 14.9. The van der Waals surface area contributed by atoms with Gasteiger partial charge in [0.15, 0.2) is 17.3 Å². The highest BCUT2D eigenvalue weighted by Gasteiger charge is 2.91. The maximum atomic E-state index is 13.3. The number of hydrogen-bond acceptors (Lipinski definition) is 13. The standard InChI is InChI=1S/C30H42O13/c1-9-10-20(35)40-18-12-27(6)24(42-27)25-30(29(8,43-30)26(36)41-25)23(39-16(5)33)21-13(2)17(34)11-19(37-14(3)31)28(21,7)22(18)38-15(4)32/h13,17-19,21-25,34H,9-12H2,1-8H3/t13-,17-,18-,19-,21+,22-,23-,24-,25-,27+,28-,29-,30+/m0/s1. The lowest BCUT2D eigenvalue weighted by Gasteiger charge is -2.57. The summed E-state index contributed by atoms with van der Waals surface area (Å²) in [6.45, 7) is 12.2. The van der Waals surface area contributed by atoms with E-state index in [0.29, 0.717) is 6.42 Å². The van der Waals surface area contributed by atoms with Gasteiger partial charge in [-0.1, -0.05) is 20.8 Å². The molecular weight excluding hydrogens is 568 g/mol. The van der Waals surface area contributed by atoms with Gasteiger partial charge in [0, 0.05) is 46.0 Å². The molecule has 5 rings (SSSR count). The number of fused-ring (bicyclic) bond motifs is 3. The molecule has 13 atom stereocenters. The molecule has 0 aromatic carbocycles. The third-order valence-corrected chi connectivity index (χ3v) is 10.3. The number of ether oxygens (including phenoxy) is 7. The van der Waals surface area contributed by atoms with Crippen molar-refractivity contribution < 1.29 is 62.2 Å². The molecule has 5 fully saturated rings. The Labute approximate surface area is 250 Å². The summed E-state index contributed by atoms with van der Waals surface area (Å²) in [6, 6.07) is 0. The highest BCUT2D eigenvalue weighted by atomic mass is 16.8. The minimum atomic E-state index is -1.53. The van der Waals surface area contributed by atoms with Gasteiger partial charge >= 0.3 is 29.8 Å². The summed E-state index contributed by atoms with van der Waals surface area (Å²) in [5.41, 5.74) is -5.51. The zero-order chi connectivity index (χ0) is 31.9. The van der Waals surface area contributed by atoms with Crippen molar-refractivity contribution in [3.8, 4) is 0 Å². The zero-order valence-electron chi connectivity index (χ0n) is 25.9. The fourth-order valence-electron chi connectivity index (χ4n) is 8.23. The van der Waals surface area contributed by atoms with Crippen molar-refractivity contribution in [1.29, 1.82) is 0 Å². The van der Waals surface area contributed by atoms with E-state index in [1.54, 1.807) is 27.7 Å². The van der Waals surface area contributed by atoms with Crippen molar-refractivity contribution in [2.45, 2.75) is 141 Å². The topological polar surface area (TPSA) is 177 Å². The smallest absolute Gasteiger partial charge is 0.342 e. The summed E-state index contributed by atoms with van der Waals surface area (Å²) >= 11 is 0. The number of hydrogen-bond donors (Lipinski definition) is 1. The van der Waals surface area contributed by atoms with E-state index in [1.165, 1.54) is 20.8 Å². The van der Waals surface area contributed by atoms with Crippen LogP contribution in [0.2, 0.25) is 0 Å². The van der Waals surface area contributed by atoms with Crippen molar-refractivity contribution in [1.82, 2.24) is 0 Å². The van der Waals surface area contributed by atoms with Gasteiger partial charge in [0.25, 0.3) is 0 Å². The van der Waals surface area contributed by atoms with E-state index >= 15 is 0 Å². The highest BCUT2D eigenvalue weighted by molar-refractivity contribution is 5.89. The largest absolute Gasteiger partial charge is 0.462 e. The van der Waals surface area contributed by atoms with Crippen LogP contribution in [0.15, 0.2) is 0 Å². The molecule has 0 unspecified atom stereocenters. The number of epoxide rings is 2. The molecule has 0 aromatic rings. The summed E-state index contributed by atoms with van der Waals surface area (Å²) < 4.78 is 42.3. The Morgan fingerprint density at radius 3 is 2.09 bits per heavy atom. The molecular formula is C30H42O13. The van der Waals surface area contributed by atoms with Gasteiger partial charge in [0.2, 0.25) is 0 Å². The van der Waals surface area contributed by atoms with Gasteiger partial charge in [-0.3, -0.25) is 19.2 Å². The molecule has 0 aromatic heterocycles. The fraction of sp³-hybridized carbons (Fsp3) is 0.833. The summed E-state index contributed by atoms with van der Waals surface area (Å²) in [5, 5.41) is 11.4. The quantitative estimate of drug-likeness (QED) is 0.260. The van der Waals surface area contributed by atoms with Crippen LogP contribution in [0.5, 0.6) is 0 Å². The van der Waals surface area contributed by atoms with E-state index in [4.69, 9.17) is 33.2 Å². The molecule has 240 valence electrons. The van der Waals surface area contributed by atoms with Crippen LogP contribution in [0.3, 0.4) is 0 Å². The number of carbonyl (C=O) groups is 5. The van der Waals surface area contributed by atoms with Gasteiger partial charge in [0.1, 0.15) is 30.5 Å². The van der Waals surface area contributed by atoms with E-state index in [1.807, 2.05) is 6.92 Å². The molecule has 2 aliphatic carbocycles. The maximum Gasteiger partial charge on any atom is 0.342 e. The van der Waals surface area contributed by atoms with Crippen molar-refractivity contribution in [3.63, 3.8) is 0 Å². The second kappa shape index (κ2) is 10.4. The maximum absolute atomic E-state index is 13.3. The van der Waals surface area contributed by atoms with E-state index in [9.17, 15) is 29.1 Å². The van der Waals surface area contributed by atoms with Crippen molar-refractivity contribution in [2.75, 3.05) is 0 Å². The normalized spacial score (nSPS) is 47.7. The first kappa shape index (κ1) is 31.6. The van der Waals surface area contributed by atoms with E-state index in [0.717, 1.165) is 0 Å². The van der Waals surface area contributed by atoms with E-state index < -0.39 is 107 Å². The summed E-state index contributed by atoms with van der Waals surface area (Å²) in [5.74, 6) is -4.89. The molecule has 3 aliphatic heterocycles. The third-order valence-electron chi connectivity index (χ3n) is 10.3. The van der Waals surface area contributed by atoms with Crippen LogP contribution in [0.1, 0.15) is 81.1 Å². The van der Waals surface area contributed by atoms with Gasteiger partial charge < -0.3 is 38.3 Å². The predicted molar refractivity (Wildman–Crippen MR) is 143 cm³/mol. The van der Waals surface area contributed by atoms with Gasteiger partial charge in [-0.25, -0.2) is 4.79 Å². The molecule has 13 nitrogen and oxygen atoms in total. The minimum absolute atomic E-state index is 0.0379. The fourth-order valence-corrected chi connectivity index (χ4v) is 8.23. The Hall–Kier alpha value is -2.77. The van der Waals surface area contributed by atoms with Crippen LogP contribution in [-0.4, -0.2) is 94.5 Å². The van der Waals surface area contributed by atoms with Crippen LogP contribution in [-0.2, 0) is 57.1 Å².